The lowest BCUT2D eigenvalue weighted by molar-refractivity contribution is -0.389. The number of carbonyl (C=O) groups excluding carboxylic acids is 1. The van der Waals surface area contributed by atoms with E-state index in [0.717, 1.165) is 0 Å². The van der Waals surface area contributed by atoms with Crippen LogP contribution in [-0.4, -0.2) is 33.4 Å². The lowest BCUT2D eigenvalue weighted by Gasteiger charge is -2.03. The van der Waals surface area contributed by atoms with Gasteiger partial charge < -0.3 is 26.5 Å². The quantitative estimate of drug-likeness (QED) is 0.411. The van der Waals surface area contributed by atoms with Crippen molar-refractivity contribution in [1.82, 2.24) is 14.7 Å². The highest BCUT2D eigenvalue weighted by atomic mass is 32.1. The Morgan fingerprint density at radius 3 is 3.06 bits per heavy atom. The number of anilines is 1. The Morgan fingerprint density at radius 2 is 2.39 bits per heavy atom. The molecule has 0 fully saturated rings. The molecule has 0 radical (unpaired) electrons. The summed E-state index contributed by atoms with van der Waals surface area (Å²) in [5.41, 5.74) is 4.89. The second-order valence-corrected chi connectivity index (χ2v) is 4.19. The zero-order valence-corrected chi connectivity index (χ0v) is 9.94. The zero-order chi connectivity index (χ0) is 13.1. The Balaban J connectivity index is 2.12. The summed E-state index contributed by atoms with van der Waals surface area (Å²) in [5.74, 6) is 0.0587. The molecule has 9 nitrogen and oxygen atoms in total. The van der Waals surface area contributed by atoms with Gasteiger partial charge in [-0.3, -0.25) is 0 Å². The Kier molecular flexibility index (Phi) is 3.28. The van der Waals surface area contributed by atoms with Crippen LogP contribution in [0, 0.1) is 10.1 Å². The molecule has 0 atom stereocenters. The van der Waals surface area contributed by atoms with Crippen LogP contribution in [0.15, 0.2) is 11.6 Å². The van der Waals surface area contributed by atoms with Crippen LogP contribution in [0.5, 0.6) is 0 Å². The van der Waals surface area contributed by atoms with Crippen LogP contribution < -0.4 is 16.4 Å². The molecule has 0 saturated heterocycles. The molecule has 18 heavy (non-hydrogen) atoms. The number of imidazole rings is 1. The zero-order valence-electron chi connectivity index (χ0n) is 9.12. The number of amides is 2. The lowest BCUT2D eigenvalue weighted by atomic mass is 10.5. The van der Waals surface area contributed by atoms with Crippen molar-refractivity contribution in [3.63, 3.8) is 0 Å². The smallest absolute Gasteiger partial charge is 0.361 e. The summed E-state index contributed by atoms with van der Waals surface area (Å²) in [5, 5.41) is 17.8. The Hall–Kier alpha value is -2.36. The first-order valence-corrected chi connectivity index (χ1v) is 5.84. The van der Waals surface area contributed by atoms with Crippen molar-refractivity contribution in [2.75, 3.05) is 18.4 Å². The van der Waals surface area contributed by atoms with Crippen LogP contribution >= 0.6 is 11.3 Å². The number of primary amides is 1. The molecule has 0 aromatic carbocycles. The van der Waals surface area contributed by atoms with E-state index < -0.39 is 11.0 Å². The molecule has 2 rings (SSSR count). The lowest BCUT2D eigenvalue weighted by Crippen LogP contribution is -2.33. The maximum atomic E-state index is 11.0. The topological polar surface area (TPSA) is 128 Å². The number of hydrogen-bond donors (Lipinski definition) is 3. The maximum Gasteiger partial charge on any atom is 0.372 e. The highest BCUT2D eigenvalue weighted by Crippen LogP contribution is 2.27. The van der Waals surface area contributed by atoms with E-state index in [1.165, 1.54) is 15.7 Å². The number of aromatic nitrogens is 2. The number of fused-ring (bicyclic) bond motifs is 1. The minimum Gasteiger partial charge on any atom is -0.361 e. The number of nitrogens with two attached hydrogens (primary N) is 1. The summed E-state index contributed by atoms with van der Waals surface area (Å²) in [4.78, 5) is 25.5. The number of rotatable bonds is 5. The van der Waals surface area contributed by atoms with Crippen LogP contribution in [0.1, 0.15) is 0 Å². The Morgan fingerprint density at radius 1 is 1.61 bits per heavy atom. The average molecular weight is 270 g/mol. The Bertz CT molecular complexity index is 591. The van der Waals surface area contributed by atoms with E-state index in [-0.39, 0.29) is 18.2 Å². The summed E-state index contributed by atoms with van der Waals surface area (Å²) in [6, 6.07) is -0.642. The Labute approximate surface area is 105 Å². The first-order valence-electron chi connectivity index (χ1n) is 4.96. The summed E-state index contributed by atoms with van der Waals surface area (Å²) >= 11 is 1.30. The molecule has 0 bridgehead atoms. The minimum atomic E-state index is -0.642. The fourth-order valence-electron chi connectivity index (χ4n) is 1.43. The molecule has 2 heterocycles. The number of nitrogens with zero attached hydrogens (tertiary/aromatic N) is 3. The van der Waals surface area contributed by atoms with Crippen LogP contribution in [0.4, 0.5) is 16.4 Å². The molecular weight excluding hydrogens is 260 g/mol. The molecule has 2 aromatic rings. The maximum absolute atomic E-state index is 11.0. The SMILES string of the molecule is NC(=O)NCCNc1nc2sccn2c1[N+](=O)[O-]. The normalized spacial score (nSPS) is 10.4. The largest absolute Gasteiger partial charge is 0.372 e. The molecule has 2 aromatic heterocycles. The number of urea groups is 1. The standard InChI is InChI=1S/C8H10N6O3S/c9-7(15)11-2-1-10-5-6(14(16)17)13-3-4-18-8(13)12-5/h3-4,10H,1-2H2,(H3,9,11,15). The monoisotopic (exact) mass is 270 g/mol. The fraction of sp³-hybridized carbons (Fsp3) is 0.250. The molecule has 0 aliphatic heterocycles. The molecule has 2 amide bonds. The van der Waals surface area contributed by atoms with E-state index >= 15 is 0 Å². The van der Waals surface area contributed by atoms with Crippen LogP contribution in [0.2, 0.25) is 0 Å². The number of nitrogens with one attached hydrogen (secondary N) is 2. The first-order chi connectivity index (χ1) is 8.59. The second-order valence-electron chi connectivity index (χ2n) is 3.31. The summed E-state index contributed by atoms with van der Waals surface area (Å²) in [7, 11) is 0. The van der Waals surface area contributed by atoms with Crippen molar-refractivity contribution in [1.29, 1.82) is 0 Å². The third kappa shape index (κ3) is 2.32. The molecule has 10 heteroatoms. The van der Waals surface area contributed by atoms with Crippen molar-refractivity contribution in [2.24, 2.45) is 5.73 Å². The molecule has 0 saturated carbocycles. The van der Waals surface area contributed by atoms with Gasteiger partial charge in [0.2, 0.25) is 5.82 Å². The molecule has 0 unspecified atom stereocenters. The van der Waals surface area contributed by atoms with Crippen molar-refractivity contribution in [3.05, 3.63) is 21.7 Å². The summed E-state index contributed by atoms with van der Waals surface area (Å²) in [6.45, 7) is 0.562. The van der Waals surface area contributed by atoms with Crippen LogP contribution in [0.25, 0.3) is 4.96 Å². The summed E-state index contributed by atoms with van der Waals surface area (Å²) in [6.07, 6.45) is 1.58. The number of hydrogen-bond acceptors (Lipinski definition) is 6. The third-order valence-corrected chi connectivity index (χ3v) is 2.88. The van der Waals surface area contributed by atoms with Gasteiger partial charge >= 0.3 is 11.8 Å². The average Bonchev–Trinajstić information content (AvgIpc) is 2.82. The molecule has 0 aliphatic rings. The number of carbonyl (C=O) groups is 1. The predicted molar refractivity (Wildman–Crippen MR) is 65.8 cm³/mol. The van der Waals surface area contributed by atoms with Gasteiger partial charge in [-0.05, 0) is 4.92 Å². The molecule has 4 N–H and O–H groups in total. The van der Waals surface area contributed by atoms with Gasteiger partial charge in [-0.1, -0.05) is 11.3 Å². The van der Waals surface area contributed by atoms with E-state index in [9.17, 15) is 14.9 Å². The van der Waals surface area contributed by atoms with E-state index in [1.807, 2.05) is 0 Å². The van der Waals surface area contributed by atoms with E-state index in [0.29, 0.717) is 11.5 Å². The van der Waals surface area contributed by atoms with Gasteiger partial charge in [-0.25, -0.2) is 4.79 Å². The van der Waals surface area contributed by atoms with Crippen molar-refractivity contribution in [2.45, 2.75) is 0 Å². The highest BCUT2D eigenvalue weighted by molar-refractivity contribution is 7.15. The van der Waals surface area contributed by atoms with Crippen LogP contribution in [0.3, 0.4) is 0 Å². The summed E-state index contributed by atoms with van der Waals surface area (Å²) < 4.78 is 1.40. The second kappa shape index (κ2) is 4.87. The van der Waals surface area contributed by atoms with Crippen molar-refractivity contribution in [3.8, 4) is 0 Å². The fourth-order valence-corrected chi connectivity index (χ4v) is 2.14. The van der Waals surface area contributed by atoms with Gasteiger partial charge in [0.25, 0.3) is 4.96 Å². The minimum absolute atomic E-state index is 0.120. The van der Waals surface area contributed by atoms with E-state index in [2.05, 4.69) is 15.6 Å². The van der Waals surface area contributed by atoms with Crippen LogP contribution in [-0.2, 0) is 0 Å². The van der Waals surface area contributed by atoms with Gasteiger partial charge in [-0.15, -0.1) is 0 Å². The number of nitro groups is 1. The molecule has 0 spiro atoms. The number of thiazole rings is 1. The van der Waals surface area contributed by atoms with Gasteiger partial charge in [0, 0.05) is 18.5 Å². The van der Waals surface area contributed by atoms with E-state index in [1.54, 1.807) is 11.6 Å². The van der Waals surface area contributed by atoms with Crippen molar-refractivity contribution < 1.29 is 9.72 Å². The van der Waals surface area contributed by atoms with Gasteiger partial charge in [0.1, 0.15) is 6.20 Å². The first kappa shape index (κ1) is 12.1. The predicted octanol–water partition coefficient (Wildman–Crippen LogP) is 0.384. The highest BCUT2D eigenvalue weighted by Gasteiger charge is 2.22. The molecule has 0 aliphatic carbocycles. The third-order valence-electron chi connectivity index (χ3n) is 2.13. The van der Waals surface area contributed by atoms with Crippen molar-refractivity contribution >= 4 is 34.0 Å². The molecule has 96 valence electrons. The van der Waals surface area contributed by atoms with Gasteiger partial charge in [0.05, 0.1) is 0 Å². The van der Waals surface area contributed by atoms with E-state index in [4.69, 9.17) is 5.73 Å². The molecular formula is C8H10N6O3S. The van der Waals surface area contributed by atoms with Gasteiger partial charge in [-0.2, -0.15) is 9.38 Å². The van der Waals surface area contributed by atoms with Gasteiger partial charge in [0.15, 0.2) is 0 Å².